The lowest BCUT2D eigenvalue weighted by Crippen LogP contribution is -2.50. The molecule has 0 aromatic carbocycles. The first kappa shape index (κ1) is 21.9. The Kier molecular flexibility index (Phi) is 6.82. The van der Waals surface area contributed by atoms with Gasteiger partial charge in [0, 0.05) is 17.3 Å². The lowest BCUT2D eigenvalue weighted by Gasteiger charge is -2.21. The van der Waals surface area contributed by atoms with E-state index in [0.717, 1.165) is 36.1 Å². The molecule has 8 nitrogen and oxygen atoms in total. The van der Waals surface area contributed by atoms with Gasteiger partial charge in [-0.2, -0.15) is 0 Å². The summed E-state index contributed by atoms with van der Waals surface area (Å²) in [6.45, 7) is 8.11. The molecule has 0 fully saturated rings. The number of hydrogen-bond acceptors (Lipinski definition) is 6. The summed E-state index contributed by atoms with van der Waals surface area (Å²) in [5.41, 5.74) is 0.685. The van der Waals surface area contributed by atoms with Gasteiger partial charge in [-0.25, -0.2) is 9.59 Å². The van der Waals surface area contributed by atoms with E-state index in [0.29, 0.717) is 10.6 Å². The fourth-order valence-electron chi connectivity index (χ4n) is 2.89. The number of ether oxygens (including phenoxy) is 1. The molecule has 0 aliphatic heterocycles. The summed E-state index contributed by atoms with van der Waals surface area (Å²) >= 11 is 1.37. The van der Waals surface area contributed by atoms with Crippen molar-refractivity contribution in [1.29, 1.82) is 0 Å². The first-order valence-electron chi connectivity index (χ1n) is 9.24. The zero-order chi connectivity index (χ0) is 21.1. The topological polar surface area (TPSA) is 114 Å². The Bertz CT molecular complexity index is 794. The number of carbonyl (C=O) groups is 4. The van der Waals surface area contributed by atoms with Crippen LogP contribution in [0.2, 0.25) is 0 Å². The molecule has 3 N–H and O–H groups in total. The van der Waals surface area contributed by atoms with Crippen LogP contribution >= 0.6 is 11.3 Å². The van der Waals surface area contributed by atoms with Crippen LogP contribution in [0.4, 0.5) is 9.80 Å². The van der Waals surface area contributed by atoms with Gasteiger partial charge in [0.15, 0.2) is 6.10 Å². The zero-order valence-electron chi connectivity index (χ0n) is 16.9. The van der Waals surface area contributed by atoms with Crippen molar-refractivity contribution < 1.29 is 23.9 Å². The maximum absolute atomic E-state index is 12.8. The number of imide groups is 1. The summed E-state index contributed by atoms with van der Waals surface area (Å²) < 4.78 is 5.30. The fourth-order valence-corrected chi connectivity index (χ4v) is 4.21. The standard InChI is InChI=1S/C19H27N3O5S/c1-10(15(24)21-18(26)22-19(3,4)5)27-17(25)14-12-8-6-7-9-13(12)28-16(14)20-11(2)23/h10H,6-9H2,1-5H3,(H,20,23)(H2,21,22,24,26). The highest BCUT2D eigenvalue weighted by molar-refractivity contribution is 7.17. The van der Waals surface area contributed by atoms with Crippen LogP contribution in [0.1, 0.15) is 68.3 Å². The zero-order valence-corrected chi connectivity index (χ0v) is 17.7. The second-order valence-corrected chi connectivity index (χ2v) is 8.94. The number of nitrogens with one attached hydrogen (secondary N) is 3. The molecule has 28 heavy (non-hydrogen) atoms. The third kappa shape index (κ3) is 5.79. The number of carbonyl (C=O) groups excluding carboxylic acids is 4. The van der Waals surface area contributed by atoms with Gasteiger partial charge in [0.25, 0.3) is 5.91 Å². The molecule has 4 amide bonds. The molecule has 1 atom stereocenters. The van der Waals surface area contributed by atoms with Crippen molar-refractivity contribution >= 4 is 40.2 Å². The maximum atomic E-state index is 12.8. The van der Waals surface area contributed by atoms with Gasteiger partial charge in [-0.3, -0.25) is 14.9 Å². The number of amides is 4. The highest BCUT2D eigenvalue weighted by Gasteiger charge is 2.29. The Morgan fingerprint density at radius 2 is 1.75 bits per heavy atom. The van der Waals surface area contributed by atoms with Gasteiger partial charge in [-0.05, 0) is 58.9 Å². The van der Waals surface area contributed by atoms with Crippen molar-refractivity contribution in [3.05, 3.63) is 16.0 Å². The van der Waals surface area contributed by atoms with E-state index >= 15 is 0 Å². The minimum Gasteiger partial charge on any atom is -0.449 e. The summed E-state index contributed by atoms with van der Waals surface area (Å²) in [5.74, 6) is -1.68. The molecule has 0 saturated carbocycles. The normalized spacial score (nSPS) is 14.5. The van der Waals surface area contributed by atoms with E-state index in [2.05, 4.69) is 16.0 Å². The average molecular weight is 410 g/mol. The van der Waals surface area contributed by atoms with Crippen molar-refractivity contribution in [1.82, 2.24) is 10.6 Å². The summed E-state index contributed by atoms with van der Waals surface area (Å²) in [6, 6.07) is -0.660. The van der Waals surface area contributed by atoms with Gasteiger partial charge >= 0.3 is 12.0 Å². The number of esters is 1. The second-order valence-electron chi connectivity index (χ2n) is 7.84. The molecule has 1 aromatic rings. The van der Waals surface area contributed by atoms with E-state index in [-0.39, 0.29) is 5.91 Å². The van der Waals surface area contributed by atoms with Crippen molar-refractivity contribution in [3.8, 4) is 0 Å². The van der Waals surface area contributed by atoms with Crippen molar-refractivity contribution in [2.24, 2.45) is 0 Å². The number of urea groups is 1. The predicted molar refractivity (Wildman–Crippen MR) is 107 cm³/mol. The van der Waals surface area contributed by atoms with E-state index in [1.54, 1.807) is 20.8 Å². The molecular weight excluding hydrogens is 382 g/mol. The third-order valence-corrected chi connectivity index (χ3v) is 5.25. The molecule has 1 aliphatic carbocycles. The summed E-state index contributed by atoms with van der Waals surface area (Å²) in [5, 5.41) is 7.90. The van der Waals surface area contributed by atoms with Gasteiger partial charge in [0.1, 0.15) is 5.00 Å². The molecule has 0 spiro atoms. The molecule has 9 heteroatoms. The van der Waals surface area contributed by atoms with Crippen LogP contribution in [-0.2, 0) is 27.2 Å². The fraction of sp³-hybridized carbons (Fsp3) is 0.579. The Labute approximate surface area is 168 Å². The van der Waals surface area contributed by atoms with Gasteiger partial charge in [-0.15, -0.1) is 11.3 Å². The van der Waals surface area contributed by atoms with E-state index in [1.165, 1.54) is 25.2 Å². The maximum Gasteiger partial charge on any atom is 0.342 e. The van der Waals surface area contributed by atoms with E-state index in [4.69, 9.17) is 4.74 Å². The lowest BCUT2D eigenvalue weighted by molar-refractivity contribution is -0.128. The van der Waals surface area contributed by atoms with Crippen LogP contribution in [0.25, 0.3) is 0 Å². The first-order valence-corrected chi connectivity index (χ1v) is 10.1. The number of fused-ring (bicyclic) bond motifs is 1. The van der Waals surface area contributed by atoms with Crippen molar-refractivity contribution in [3.63, 3.8) is 0 Å². The van der Waals surface area contributed by atoms with Crippen LogP contribution in [0.3, 0.4) is 0 Å². The van der Waals surface area contributed by atoms with Gasteiger partial charge < -0.3 is 15.4 Å². The Morgan fingerprint density at radius 1 is 1.11 bits per heavy atom. The number of anilines is 1. The van der Waals surface area contributed by atoms with E-state index in [1.807, 2.05) is 0 Å². The highest BCUT2D eigenvalue weighted by atomic mass is 32.1. The summed E-state index contributed by atoms with van der Waals surface area (Å²) in [7, 11) is 0. The summed E-state index contributed by atoms with van der Waals surface area (Å²) in [6.07, 6.45) is 2.39. The van der Waals surface area contributed by atoms with E-state index < -0.39 is 29.6 Å². The summed E-state index contributed by atoms with van der Waals surface area (Å²) in [4.78, 5) is 49.3. The smallest absolute Gasteiger partial charge is 0.342 e. The molecule has 2 rings (SSSR count). The predicted octanol–water partition coefficient (Wildman–Crippen LogP) is 2.75. The SMILES string of the molecule is CC(=O)Nc1sc2c(c1C(=O)OC(C)C(=O)NC(=O)NC(C)(C)C)CCCC2. The monoisotopic (exact) mass is 409 g/mol. The molecular formula is C19H27N3O5S. The van der Waals surface area contributed by atoms with Crippen LogP contribution in [0.5, 0.6) is 0 Å². The van der Waals surface area contributed by atoms with Crippen molar-refractivity contribution in [2.45, 2.75) is 71.9 Å². The largest absolute Gasteiger partial charge is 0.449 e. The quantitative estimate of drug-likeness (QED) is 0.662. The highest BCUT2D eigenvalue weighted by Crippen LogP contribution is 2.38. The molecule has 1 unspecified atom stereocenters. The molecule has 1 aliphatic rings. The number of thiophene rings is 1. The van der Waals surface area contributed by atoms with Crippen LogP contribution < -0.4 is 16.0 Å². The van der Waals surface area contributed by atoms with E-state index in [9.17, 15) is 19.2 Å². The first-order chi connectivity index (χ1) is 13.0. The average Bonchev–Trinajstić information content (AvgIpc) is 2.89. The lowest BCUT2D eigenvalue weighted by atomic mass is 9.95. The van der Waals surface area contributed by atoms with Crippen LogP contribution in [0, 0.1) is 0 Å². The van der Waals surface area contributed by atoms with Crippen LogP contribution in [0.15, 0.2) is 0 Å². The Hall–Kier alpha value is -2.42. The number of hydrogen-bond donors (Lipinski definition) is 3. The van der Waals surface area contributed by atoms with Crippen molar-refractivity contribution in [2.75, 3.05) is 5.32 Å². The number of rotatable bonds is 4. The minimum absolute atomic E-state index is 0.280. The van der Waals surface area contributed by atoms with Crippen LogP contribution in [-0.4, -0.2) is 35.5 Å². The van der Waals surface area contributed by atoms with Gasteiger partial charge in [-0.1, -0.05) is 0 Å². The van der Waals surface area contributed by atoms with Gasteiger partial charge in [0.2, 0.25) is 5.91 Å². The Morgan fingerprint density at radius 3 is 2.36 bits per heavy atom. The molecule has 1 aromatic heterocycles. The number of aryl methyl sites for hydroxylation is 1. The minimum atomic E-state index is -1.16. The molecule has 0 bridgehead atoms. The molecule has 0 radical (unpaired) electrons. The Balaban J connectivity index is 2.11. The van der Waals surface area contributed by atoms with Gasteiger partial charge in [0.05, 0.1) is 5.56 Å². The molecule has 154 valence electrons. The third-order valence-electron chi connectivity index (χ3n) is 4.04. The second kappa shape index (κ2) is 8.72. The molecule has 1 heterocycles. The molecule has 0 saturated heterocycles.